The highest BCUT2D eigenvalue weighted by atomic mass is 16.5. The van der Waals surface area contributed by atoms with Gasteiger partial charge in [0.15, 0.2) is 5.43 Å². The van der Waals surface area contributed by atoms with Crippen LogP contribution < -0.4 is 10.2 Å². The summed E-state index contributed by atoms with van der Waals surface area (Å²) < 4.78 is 11.6. The van der Waals surface area contributed by atoms with Gasteiger partial charge in [-0.15, -0.1) is 0 Å². The molecule has 6 heteroatoms. The first-order valence-electron chi connectivity index (χ1n) is 9.68. The number of aliphatic hydroxyl groups excluding tert-OH is 1. The number of rotatable bonds is 5. The van der Waals surface area contributed by atoms with Gasteiger partial charge in [-0.3, -0.25) is 9.59 Å². The molecule has 4 rings (SSSR count). The van der Waals surface area contributed by atoms with Gasteiger partial charge in [-0.25, -0.2) is 0 Å². The molecule has 0 bridgehead atoms. The van der Waals surface area contributed by atoms with Crippen molar-refractivity contribution in [2.24, 2.45) is 0 Å². The van der Waals surface area contributed by atoms with Crippen molar-refractivity contribution in [3.05, 3.63) is 74.6 Å². The van der Waals surface area contributed by atoms with E-state index in [1.54, 1.807) is 6.07 Å². The predicted octanol–water partition coefficient (Wildman–Crippen LogP) is 3.35. The number of hydrogen-bond donors (Lipinski definition) is 1. The van der Waals surface area contributed by atoms with E-state index >= 15 is 0 Å². The van der Waals surface area contributed by atoms with Crippen LogP contribution in [0.25, 0.3) is 11.0 Å². The van der Waals surface area contributed by atoms with Crippen molar-refractivity contribution in [2.75, 3.05) is 19.8 Å². The molecule has 150 valence electrons. The highest BCUT2D eigenvalue weighted by molar-refractivity contribution is 5.99. The lowest BCUT2D eigenvalue weighted by molar-refractivity contribution is 0.0691. The van der Waals surface area contributed by atoms with E-state index in [1.165, 1.54) is 4.90 Å². The SMILES string of the molecule is CCOc1cccc([C@@H]2c3c(oc4c(C)cc(C)cc4c3=O)C(=O)N2CCO)c1. The average Bonchev–Trinajstić information content (AvgIpc) is 2.96. The summed E-state index contributed by atoms with van der Waals surface area (Å²) in [5, 5.41) is 10.0. The standard InChI is InChI=1S/C23H23NO5/c1-4-28-16-7-5-6-15(12-16)19-18-20(26)17-11-13(2)10-14(3)21(17)29-22(18)23(27)24(19)8-9-25/h5-7,10-12,19,25H,4,8-9H2,1-3H3/t19-/m1/s1. The Bertz CT molecular complexity index is 1160. The van der Waals surface area contributed by atoms with Crippen molar-refractivity contribution in [3.63, 3.8) is 0 Å². The van der Waals surface area contributed by atoms with Gasteiger partial charge in [0.05, 0.1) is 30.2 Å². The molecule has 0 unspecified atom stereocenters. The first kappa shape index (κ1) is 19.2. The third kappa shape index (κ3) is 3.09. The number of nitrogens with zero attached hydrogens (tertiary/aromatic N) is 1. The Hall–Kier alpha value is -3.12. The van der Waals surface area contributed by atoms with Gasteiger partial charge in [-0.2, -0.15) is 0 Å². The molecule has 0 radical (unpaired) electrons. The van der Waals surface area contributed by atoms with Crippen LogP contribution in [0.4, 0.5) is 0 Å². The first-order chi connectivity index (χ1) is 14.0. The van der Waals surface area contributed by atoms with E-state index in [0.29, 0.717) is 28.9 Å². The van der Waals surface area contributed by atoms with Crippen LogP contribution in [-0.4, -0.2) is 35.7 Å². The van der Waals surface area contributed by atoms with Crippen LogP contribution in [0, 0.1) is 13.8 Å². The summed E-state index contributed by atoms with van der Waals surface area (Å²) in [4.78, 5) is 28.1. The van der Waals surface area contributed by atoms with Crippen LogP contribution in [0.1, 0.15) is 45.8 Å². The van der Waals surface area contributed by atoms with Crippen LogP contribution in [0.15, 0.2) is 45.6 Å². The molecule has 1 aliphatic heterocycles. The van der Waals surface area contributed by atoms with Gasteiger partial charge in [-0.05, 0) is 55.7 Å². The maximum atomic E-state index is 13.5. The predicted molar refractivity (Wildman–Crippen MR) is 110 cm³/mol. The Morgan fingerprint density at radius 3 is 2.69 bits per heavy atom. The number of β-amino-alcohol motifs (C(OH)–C–C–N with tert-alkyl or cyclic N) is 1. The summed E-state index contributed by atoms with van der Waals surface area (Å²) in [5.74, 6) is 0.321. The quantitative estimate of drug-likeness (QED) is 0.719. The Kier molecular flexibility index (Phi) is 4.88. The minimum atomic E-state index is -0.633. The highest BCUT2D eigenvalue weighted by Crippen LogP contribution is 2.39. The van der Waals surface area contributed by atoms with Crippen molar-refractivity contribution >= 4 is 16.9 Å². The minimum Gasteiger partial charge on any atom is -0.494 e. The summed E-state index contributed by atoms with van der Waals surface area (Å²) in [6.07, 6.45) is 0. The molecule has 3 aromatic rings. The zero-order valence-corrected chi connectivity index (χ0v) is 16.7. The largest absolute Gasteiger partial charge is 0.494 e. The maximum absolute atomic E-state index is 13.5. The monoisotopic (exact) mass is 393 g/mol. The minimum absolute atomic E-state index is 0.0507. The first-order valence-corrected chi connectivity index (χ1v) is 9.68. The van der Waals surface area contributed by atoms with Crippen molar-refractivity contribution in [1.82, 2.24) is 4.90 Å². The molecule has 0 saturated heterocycles. The topological polar surface area (TPSA) is 80.0 Å². The van der Waals surface area contributed by atoms with Crippen LogP contribution in [0.3, 0.4) is 0 Å². The maximum Gasteiger partial charge on any atom is 0.290 e. The molecule has 1 atom stereocenters. The normalized spacial score (nSPS) is 15.8. The van der Waals surface area contributed by atoms with Crippen molar-refractivity contribution in [3.8, 4) is 5.75 Å². The Balaban J connectivity index is 1.99. The lowest BCUT2D eigenvalue weighted by atomic mass is 9.97. The van der Waals surface area contributed by atoms with Gasteiger partial charge in [0.1, 0.15) is 11.3 Å². The van der Waals surface area contributed by atoms with E-state index in [2.05, 4.69) is 0 Å². The molecular weight excluding hydrogens is 370 g/mol. The summed E-state index contributed by atoms with van der Waals surface area (Å²) >= 11 is 0. The summed E-state index contributed by atoms with van der Waals surface area (Å²) in [7, 11) is 0. The fourth-order valence-corrected chi connectivity index (χ4v) is 4.10. The van der Waals surface area contributed by atoms with E-state index in [0.717, 1.165) is 16.7 Å². The second kappa shape index (κ2) is 7.37. The number of amides is 1. The van der Waals surface area contributed by atoms with E-state index in [-0.39, 0.29) is 30.2 Å². The number of hydrogen-bond acceptors (Lipinski definition) is 5. The van der Waals surface area contributed by atoms with E-state index in [9.17, 15) is 14.7 Å². The zero-order chi connectivity index (χ0) is 20.7. The molecule has 2 aromatic carbocycles. The van der Waals surface area contributed by atoms with Gasteiger partial charge in [0.25, 0.3) is 5.91 Å². The molecule has 1 aromatic heterocycles. The van der Waals surface area contributed by atoms with Gasteiger partial charge in [-0.1, -0.05) is 18.2 Å². The second-order valence-electron chi connectivity index (χ2n) is 7.26. The van der Waals surface area contributed by atoms with E-state index < -0.39 is 6.04 Å². The third-order valence-corrected chi connectivity index (χ3v) is 5.22. The number of fused-ring (bicyclic) bond motifs is 2. The summed E-state index contributed by atoms with van der Waals surface area (Å²) in [6.45, 7) is 6.07. The van der Waals surface area contributed by atoms with Gasteiger partial charge < -0.3 is 19.2 Å². The number of carbonyl (C=O) groups excluding carboxylic acids is 1. The number of carbonyl (C=O) groups is 1. The zero-order valence-electron chi connectivity index (χ0n) is 16.7. The van der Waals surface area contributed by atoms with Crippen molar-refractivity contribution in [1.29, 1.82) is 0 Å². The van der Waals surface area contributed by atoms with Crippen LogP contribution >= 0.6 is 0 Å². The molecule has 1 N–H and O–H groups in total. The molecule has 0 saturated carbocycles. The summed E-state index contributed by atoms with van der Waals surface area (Å²) in [6, 6.07) is 10.4. The van der Waals surface area contributed by atoms with E-state index in [4.69, 9.17) is 9.15 Å². The fourth-order valence-electron chi connectivity index (χ4n) is 4.10. The molecule has 6 nitrogen and oxygen atoms in total. The molecule has 2 heterocycles. The molecular formula is C23H23NO5. The number of aliphatic hydroxyl groups is 1. The number of benzene rings is 2. The van der Waals surface area contributed by atoms with Gasteiger partial charge in [0, 0.05) is 6.54 Å². The second-order valence-corrected chi connectivity index (χ2v) is 7.26. The van der Waals surface area contributed by atoms with Gasteiger partial charge in [0.2, 0.25) is 5.76 Å². The number of ether oxygens (including phenoxy) is 1. The molecule has 0 fully saturated rings. The fraction of sp³-hybridized carbons (Fsp3) is 0.304. The van der Waals surface area contributed by atoms with Crippen LogP contribution in [-0.2, 0) is 0 Å². The molecule has 0 spiro atoms. The summed E-state index contributed by atoms with van der Waals surface area (Å²) in [5.41, 5.74) is 3.04. The van der Waals surface area contributed by atoms with Crippen LogP contribution in [0.5, 0.6) is 5.75 Å². The highest BCUT2D eigenvalue weighted by Gasteiger charge is 2.42. The molecule has 1 aliphatic rings. The molecule has 0 aliphatic carbocycles. The lowest BCUT2D eigenvalue weighted by Crippen LogP contribution is -2.32. The Labute approximate surface area is 168 Å². The lowest BCUT2D eigenvalue weighted by Gasteiger charge is -2.24. The average molecular weight is 393 g/mol. The Morgan fingerprint density at radius 2 is 1.97 bits per heavy atom. The third-order valence-electron chi connectivity index (χ3n) is 5.22. The molecule has 1 amide bonds. The smallest absolute Gasteiger partial charge is 0.290 e. The van der Waals surface area contributed by atoms with Crippen LogP contribution in [0.2, 0.25) is 0 Å². The van der Waals surface area contributed by atoms with Gasteiger partial charge >= 0.3 is 0 Å². The number of aryl methyl sites for hydroxylation is 2. The van der Waals surface area contributed by atoms with Crippen molar-refractivity contribution in [2.45, 2.75) is 26.8 Å². The van der Waals surface area contributed by atoms with Crippen molar-refractivity contribution < 1.29 is 19.1 Å². The molecule has 29 heavy (non-hydrogen) atoms. The Morgan fingerprint density at radius 1 is 1.17 bits per heavy atom. The van der Waals surface area contributed by atoms with E-state index in [1.807, 2.05) is 51.1 Å².